The molecular formula is C14H10ClFN2O3. The Balaban J connectivity index is 2.32. The van der Waals surface area contributed by atoms with Crippen molar-refractivity contribution in [2.24, 2.45) is 0 Å². The van der Waals surface area contributed by atoms with E-state index >= 15 is 0 Å². The van der Waals surface area contributed by atoms with E-state index in [1.165, 1.54) is 19.2 Å². The highest BCUT2D eigenvalue weighted by atomic mass is 35.5. The van der Waals surface area contributed by atoms with Crippen molar-refractivity contribution >= 4 is 29.2 Å². The largest absolute Gasteiger partial charge is 0.465 e. The molecule has 0 saturated carbocycles. The maximum absolute atomic E-state index is 13.1. The topological polar surface area (TPSA) is 68.3 Å². The first-order chi connectivity index (χ1) is 10.0. The van der Waals surface area contributed by atoms with E-state index in [0.29, 0.717) is 0 Å². The summed E-state index contributed by atoms with van der Waals surface area (Å²) >= 11 is 5.76. The number of hydrogen-bond acceptors (Lipinski definition) is 4. The molecule has 1 heterocycles. The van der Waals surface area contributed by atoms with Crippen molar-refractivity contribution in [1.29, 1.82) is 0 Å². The number of nitrogens with zero attached hydrogens (tertiary/aromatic N) is 1. The van der Waals surface area contributed by atoms with Crippen LogP contribution < -0.4 is 5.32 Å². The van der Waals surface area contributed by atoms with Gasteiger partial charge in [-0.15, -0.1) is 0 Å². The van der Waals surface area contributed by atoms with Crippen LogP contribution in [0, 0.1) is 5.82 Å². The second-order valence-electron chi connectivity index (χ2n) is 3.98. The Hall–Kier alpha value is -2.47. The molecule has 2 aromatic rings. The molecule has 1 N–H and O–H groups in total. The number of nitrogens with one attached hydrogen (secondary N) is 1. The van der Waals surface area contributed by atoms with Gasteiger partial charge in [-0.1, -0.05) is 23.7 Å². The van der Waals surface area contributed by atoms with E-state index in [1.54, 1.807) is 12.1 Å². The first kappa shape index (κ1) is 14.9. The molecule has 1 aromatic carbocycles. The third kappa shape index (κ3) is 3.35. The first-order valence-electron chi connectivity index (χ1n) is 5.82. The van der Waals surface area contributed by atoms with Crippen molar-refractivity contribution in [2.75, 3.05) is 12.4 Å². The molecule has 0 spiro atoms. The zero-order valence-electron chi connectivity index (χ0n) is 10.9. The summed E-state index contributed by atoms with van der Waals surface area (Å²) in [5, 5.41) is 2.34. The zero-order chi connectivity index (χ0) is 15.4. The molecule has 2 rings (SSSR count). The summed E-state index contributed by atoms with van der Waals surface area (Å²) in [5.74, 6) is -1.97. The third-order valence-corrected chi connectivity index (χ3v) is 2.93. The molecular weight excluding hydrogens is 299 g/mol. The minimum absolute atomic E-state index is 0.128. The first-order valence-corrected chi connectivity index (χ1v) is 6.20. The molecule has 0 aliphatic heterocycles. The van der Waals surface area contributed by atoms with Crippen molar-refractivity contribution in [1.82, 2.24) is 4.98 Å². The Labute approximate surface area is 124 Å². The average molecular weight is 309 g/mol. The molecule has 0 aliphatic carbocycles. The number of aromatic nitrogens is 1. The van der Waals surface area contributed by atoms with Crippen LogP contribution in [0.25, 0.3) is 0 Å². The number of benzene rings is 1. The lowest BCUT2D eigenvalue weighted by molar-refractivity contribution is 0.0602. The van der Waals surface area contributed by atoms with Gasteiger partial charge in [0.05, 0.1) is 30.1 Å². The van der Waals surface area contributed by atoms with E-state index < -0.39 is 17.7 Å². The zero-order valence-corrected chi connectivity index (χ0v) is 11.6. The fourth-order valence-corrected chi connectivity index (χ4v) is 1.84. The molecule has 0 aliphatic rings. The molecule has 1 aromatic heterocycles. The second kappa shape index (κ2) is 6.32. The predicted octanol–water partition coefficient (Wildman–Crippen LogP) is 2.91. The minimum atomic E-state index is -0.689. The van der Waals surface area contributed by atoms with Gasteiger partial charge in [-0.05, 0) is 18.2 Å². The normalized spacial score (nSPS) is 10.0. The van der Waals surface area contributed by atoms with Crippen LogP contribution in [0.4, 0.5) is 10.1 Å². The van der Waals surface area contributed by atoms with Crippen molar-refractivity contribution in [3.05, 3.63) is 58.6 Å². The van der Waals surface area contributed by atoms with Crippen molar-refractivity contribution < 1.29 is 18.7 Å². The Bertz CT molecular complexity index is 706. The van der Waals surface area contributed by atoms with Crippen molar-refractivity contribution in [3.63, 3.8) is 0 Å². The van der Waals surface area contributed by atoms with E-state index in [0.717, 1.165) is 12.3 Å². The number of carbonyl (C=O) groups excluding carboxylic acids is 2. The van der Waals surface area contributed by atoms with Crippen LogP contribution in [0.3, 0.4) is 0 Å². The molecule has 108 valence electrons. The van der Waals surface area contributed by atoms with Crippen molar-refractivity contribution in [3.8, 4) is 0 Å². The van der Waals surface area contributed by atoms with Crippen LogP contribution in [-0.2, 0) is 4.74 Å². The Morgan fingerprint density at radius 2 is 2.00 bits per heavy atom. The summed E-state index contributed by atoms with van der Waals surface area (Å²) in [6, 6.07) is 7.23. The number of halogens is 2. The summed E-state index contributed by atoms with van der Waals surface area (Å²) in [6.45, 7) is 0. The maximum Gasteiger partial charge on any atom is 0.339 e. The number of hydrogen-bond donors (Lipinski definition) is 1. The summed E-state index contributed by atoms with van der Waals surface area (Å²) in [6.07, 6.45) is 0.904. The number of para-hydroxylation sites is 1. The van der Waals surface area contributed by atoms with Gasteiger partial charge < -0.3 is 10.1 Å². The number of amides is 1. The predicted molar refractivity (Wildman–Crippen MR) is 74.9 cm³/mol. The molecule has 21 heavy (non-hydrogen) atoms. The molecule has 1 amide bonds. The molecule has 0 fully saturated rings. The Kier molecular flexibility index (Phi) is 4.49. The number of pyridine rings is 1. The number of carbonyl (C=O) groups is 2. The molecule has 0 unspecified atom stereocenters. The number of anilines is 1. The molecule has 7 heteroatoms. The van der Waals surface area contributed by atoms with Gasteiger partial charge in [0.15, 0.2) is 0 Å². The quantitative estimate of drug-likeness (QED) is 0.699. The highest BCUT2D eigenvalue weighted by Gasteiger charge is 2.17. The van der Waals surface area contributed by atoms with Gasteiger partial charge in [-0.3, -0.25) is 4.79 Å². The standard InChI is InChI=1S/C14H10ClFN2O3/c1-21-14(20)9-4-2-3-5-11(9)18-13(19)10-6-8(16)7-17-12(10)15/h2-7H,1H3,(H,18,19). The van der Waals surface area contributed by atoms with Gasteiger partial charge >= 0.3 is 5.97 Å². The molecule has 5 nitrogen and oxygen atoms in total. The summed E-state index contributed by atoms with van der Waals surface area (Å²) in [5.41, 5.74) is 0.278. The van der Waals surface area contributed by atoms with Gasteiger partial charge in [0.2, 0.25) is 0 Å². The van der Waals surface area contributed by atoms with Crippen molar-refractivity contribution in [2.45, 2.75) is 0 Å². The second-order valence-corrected chi connectivity index (χ2v) is 4.34. The number of methoxy groups -OCH3 is 1. The Morgan fingerprint density at radius 3 is 2.71 bits per heavy atom. The molecule has 0 radical (unpaired) electrons. The van der Waals surface area contributed by atoms with Gasteiger partial charge in [-0.2, -0.15) is 0 Å². The Morgan fingerprint density at radius 1 is 1.29 bits per heavy atom. The van der Waals surface area contributed by atoms with E-state index in [1.807, 2.05) is 0 Å². The van der Waals surface area contributed by atoms with Gasteiger partial charge in [0, 0.05) is 0 Å². The van der Waals surface area contributed by atoms with E-state index in [9.17, 15) is 14.0 Å². The summed E-state index contributed by atoms with van der Waals surface area (Å²) < 4.78 is 17.8. The van der Waals surface area contributed by atoms with Gasteiger partial charge in [-0.25, -0.2) is 14.2 Å². The number of esters is 1. The maximum atomic E-state index is 13.1. The summed E-state index contributed by atoms with van der Waals surface area (Å²) in [4.78, 5) is 27.3. The van der Waals surface area contributed by atoms with Crippen LogP contribution in [0.15, 0.2) is 36.5 Å². The highest BCUT2D eigenvalue weighted by Crippen LogP contribution is 2.19. The fourth-order valence-electron chi connectivity index (χ4n) is 1.65. The van der Waals surface area contributed by atoms with Crippen LogP contribution in [0.5, 0.6) is 0 Å². The highest BCUT2D eigenvalue weighted by molar-refractivity contribution is 6.33. The fraction of sp³-hybridized carbons (Fsp3) is 0.0714. The monoisotopic (exact) mass is 308 g/mol. The lowest BCUT2D eigenvalue weighted by atomic mass is 10.1. The molecule has 0 atom stereocenters. The average Bonchev–Trinajstić information content (AvgIpc) is 2.49. The van der Waals surface area contributed by atoms with E-state index in [4.69, 9.17) is 11.6 Å². The number of ether oxygens (including phenoxy) is 1. The van der Waals surface area contributed by atoms with Gasteiger partial charge in [0.1, 0.15) is 11.0 Å². The van der Waals surface area contributed by atoms with Crippen LogP contribution in [-0.4, -0.2) is 24.0 Å². The smallest absolute Gasteiger partial charge is 0.339 e. The number of rotatable bonds is 3. The SMILES string of the molecule is COC(=O)c1ccccc1NC(=O)c1cc(F)cnc1Cl. The van der Waals surface area contributed by atoms with Crippen LogP contribution in [0.2, 0.25) is 5.15 Å². The molecule has 0 bridgehead atoms. The van der Waals surface area contributed by atoms with Crippen LogP contribution >= 0.6 is 11.6 Å². The third-order valence-electron chi connectivity index (χ3n) is 2.63. The lowest BCUT2D eigenvalue weighted by Crippen LogP contribution is -2.16. The van der Waals surface area contributed by atoms with E-state index in [2.05, 4.69) is 15.0 Å². The minimum Gasteiger partial charge on any atom is -0.465 e. The summed E-state index contributed by atoms with van der Waals surface area (Å²) in [7, 11) is 1.23. The van der Waals surface area contributed by atoms with Crippen LogP contribution in [0.1, 0.15) is 20.7 Å². The van der Waals surface area contributed by atoms with E-state index in [-0.39, 0.29) is 22.0 Å². The van der Waals surface area contributed by atoms with Gasteiger partial charge in [0.25, 0.3) is 5.91 Å². The molecule has 0 saturated heterocycles. The lowest BCUT2D eigenvalue weighted by Gasteiger charge is -2.10.